The van der Waals surface area contributed by atoms with Crippen molar-refractivity contribution in [2.75, 3.05) is 17.2 Å². The number of amides is 1. The fraction of sp³-hybridized carbons (Fsp3) is 0.294. The van der Waals surface area contributed by atoms with Gasteiger partial charge < -0.3 is 10.6 Å². The molecule has 0 unspecified atom stereocenters. The van der Waals surface area contributed by atoms with Crippen molar-refractivity contribution in [1.29, 1.82) is 0 Å². The molecule has 0 saturated carbocycles. The number of aromatic nitrogens is 1. The molecule has 1 aromatic heterocycles. The normalized spacial score (nSPS) is 10.3. The summed E-state index contributed by atoms with van der Waals surface area (Å²) < 4.78 is 0. The van der Waals surface area contributed by atoms with Crippen LogP contribution in [0.3, 0.4) is 0 Å². The number of pyridine rings is 1. The average molecular weight is 318 g/mol. The first-order chi connectivity index (χ1) is 10.6. The van der Waals surface area contributed by atoms with Gasteiger partial charge in [0.1, 0.15) is 5.69 Å². The summed E-state index contributed by atoms with van der Waals surface area (Å²) in [5, 5.41) is 6.72. The summed E-state index contributed by atoms with van der Waals surface area (Å²) in [6.07, 6.45) is 3.85. The molecule has 2 aromatic rings. The molecule has 22 heavy (non-hydrogen) atoms. The van der Waals surface area contributed by atoms with E-state index in [1.807, 2.05) is 19.1 Å². The number of nitrogens with zero attached hydrogens (tertiary/aromatic N) is 1. The number of rotatable bonds is 6. The van der Waals surface area contributed by atoms with E-state index in [-0.39, 0.29) is 5.91 Å². The minimum absolute atomic E-state index is 0.246. The minimum Gasteiger partial charge on any atom is -0.385 e. The van der Waals surface area contributed by atoms with Crippen LogP contribution < -0.4 is 10.6 Å². The van der Waals surface area contributed by atoms with Crippen LogP contribution in [0.2, 0.25) is 5.02 Å². The SMILES string of the molecule is CCCCNc1ccnc(C(=O)Nc2cc(Cl)ccc2C)c1. The standard InChI is InChI=1S/C17H20ClN3O/c1-3-4-8-19-14-7-9-20-16(11-14)17(22)21-15-10-13(18)6-5-12(15)2/h5-7,9-11H,3-4,8H2,1-2H3,(H,19,20)(H,21,22). The van der Waals surface area contributed by atoms with Crippen molar-refractivity contribution in [2.24, 2.45) is 0 Å². The van der Waals surface area contributed by atoms with Crippen molar-refractivity contribution in [2.45, 2.75) is 26.7 Å². The highest BCUT2D eigenvalue weighted by molar-refractivity contribution is 6.31. The zero-order chi connectivity index (χ0) is 15.9. The number of aryl methyl sites for hydroxylation is 1. The fourth-order valence-corrected chi connectivity index (χ4v) is 2.16. The lowest BCUT2D eigenvalue weighted by Crippen LogP contribution is -2.15. The van der Waals surface area contributed by atoms with E-state index in [1.165, 1.54) is 0 Å². The van der Waals surface area contributed by atoms with Crippen LogP contribution in [0.5, 0.6) is 0 Å². The van der Waals surface area contributed by atoms with Crippen LogP contribution in [-0.2, 0) is 0 Å². The summed E-state index contributed by atoms with van der Waals surface area (Å²) in [4.78, 5) is 16.4. The van der Waals surface area contributed by atoms with Crippen LogP contribution in [0.15, 0.2) is 36.5 Å². The van der Waals surface area contributed by atoms with Gasteiger partial charge in [-0.1, -0.05) is 31.0 Å². The van der Waals surface area contributed by atoms with Gasteiger partial charge >= 0.3 is 0 Å². The second kappa shape index (κ2) is 7.80. The summed E-state index contributed by atoms with van der Waals surface area (Å²) in [6.45, 7) is 4.94. The van der Waals surface area contributed by atoms with Crippen molar-refractivity contribution in [1.82, 2.24) is 4.98 Å². The van der Waals surface area contributed by atoms with Gasteiger partial charge in [0, 0.05) is 29.1 Å². The molecule has 0 radical (unpaired) electrons. The zero-order valence-electron chi connectivity index (χ0n) is 12.8. The van der Waals surface area contributed by atoms with Crippen molar-refractivity contribution in [3.05, 3.63) is 52.8 Å². The molecular weight excluding hydrogens is 298 g/mol. The zero-order valence-corrected chi connectivity index (χ0v) is 13.6. The van der Waals surface area contributed by atoms with Gasteiger partial charge in [-0.25, -0.2) is 0 Å². The molecule has 0 aliphatic carbocycles. The van der Waals surface area contributed by atoms with Crippen LogP contribution in [-0.4, -0.2) is 17.4 Å². The number of anilines is 2. The Labute approximate surface area is 135 Å². The molecule has 0 atom stereocenters. The summed E-state index contributed by atoms with van der Waals surface area (Å²) in [7, 11) is 0. The molecule has 0 aliphatic rings. The number of benzene rings is 1. The molecule has 116 valence electrons. The molecule has 0 fully saturated rings. The van der Waals surface area contributed by atoms with Crippen LogP contribution in [0.1, 0.15) is 35.8 Å². The summed E-state index contributed by atoms with van der Waals surface area (Å²) in [6, 6.07) is 9.01. The van der Waals surface area contributed by atoms with Crippen molar-refractivity contribution in [3.8, 4) is 0 Å². The highest BCUT2D eigenvalue weighted by Gasteiger charge is 2.10. The van der Waals surface area contributed by atoms with Gasteiger partial charge in [0.05, 0.1) is 0 Å². The third-order valence-corrected chi connectivity index (χ3v) is 3.53. The maximum absolute atomic E-state index is 12.3. The van der Waals surface area contributed by atoms with Gasteiger partial charge in [0.25, 0.3) is 5.91 Å². The Balaban J connectivity index is 2.09. The van der Waals surface area contributed by atoms with E-state index < -0.39 is 0 Å². The first-order valence-corrected chi connectivity index (χ1v) is 7.75. The topological polar surface area (TPSA) is 54.0 Å². The number of hydrogen-bond acceptors (Lipinski definition) is 3. The van der Waals surface area contributed by atoms with Crippen LogP contribution in [0.25, 0.3) is 0 Å². The third-order valence-electron chi connectivity index (χ3n) is 3.30. The molecule has 4 nitrogen and oxygen atoms in total. The van der Waals surface area contributed by atoms with Gasteiger partial charge in [-0.15, -0.1) is 0 Å². The predicted octanol–water partition coefficient (Wildman–Crippen LogP) is 4.51. The molecule has 2 rings (SSSR count). The number of nitrogens with one attached hydrogen (secondary N) is 2. The number of halogens is 1. The summed E-state index contributed by atoms with van der Waals surface area (Å²) >= 11 is 5.97. The lowest BCUT2D eigenvalue weighted by molar-refractivity contribution is 0.102. The third kappa shape index (κ3) is 4.46. The van der Waals surface area contributed by atoms with Gasteiger partial charge in [0.2, 0.25) is 0 Å². The monoisotopic (exact) mass is 317 g/mol. The Morgan fingerprint density at radius 2 is 2.09 bits per heavy atom. The van der Waals surface area contributed by atoms with E-state index in [4.69, 9.17) is 11.6 Å². The number of hydrogen-bond donors (Lipinski definition) is 2. The highest BCUT2D eigenvalue weighted by Crippen LogP contribution is 2.21. The van der Waals surface area contributed by atoms with E-state index in [0.29, 0.717) is 16.4 Å². The first-order valence-electron chi connectivity index (χ1n) is 7.37. The largest absolute Gasteiger partial charge is 0.385 e. The van der Waals surface area contributed by atoms with Crippen LogP contribution >= 0.6 is 11.6 Å². The van der Waals surface area contributed by atoms with Gasteiger partial charge in [-0.05, 0) is 43.2 Å². The first kappa shape index (κ1) is 16.3. The molecular formula is C17H20ClN3O. The quantitative estimate of drug-likeness (QED) is 0.771. The highest BCUT2D eigenvalue weighted by atomic mass is 35.5. The second-order valence-electron chi connectivity index (χ2n) is 5.12. The Hall–Kier alpha value is -2.07. The molecule has 0 bridgehead atoms. The fourth-order valence-electron chi connectivity index (χ4n) is 1.99. The van der Waals surface area contributed by atoms with E-state index in [1.54, 1.807) is 24.4 Å². The molecule has 1 amide bonds. The smallest absolute Gasteiger partial charge is 0.274 e. The molecule has 1 aromatic carbocycles. The number of carbonyl (C=O) groups is 1. The molecule has 1 heterocycles. The van der Waals surface area contributed by atoms with Gasteiger partial charge in [0.15, 0.2) is 0 Å². The molecule has 0 spiro atoms. The predicted molar refractivity (Wildman–Crippen MR) is 91.8 cm³/mol. The van der Waals surface area contributed by atoms with Crippen molar-refractivity contribution >= 4 is 28.9 Å². The Bertz CT molecular complexity index is 658. The second-order valence-corrected chi connectivity index (χ2v) is 5.56. The maximum Gasteiger partial charge on any atom is 0.274 e. The summed E-state index contributed by atoms with van der Waals surface area (Å²) in [5.74, 6) is -0.246. The van der Waals surface area contributed by atoms with Crippen molar-refractivity contribution < 1.29 is 4.79 Å². The van der Waals surface area contributed by atoms with Crippen molar-refractivity contribution in [3.63, 3.8) is 0 Å². The molecule has 5 heteroatoms. The Morgan fingerprint density at radius 3 is 2.86 bits per heavy atom. The van der Waals surface area contributed by atoms with Crippen LogP contribution in [0, 0.1) is 6.92 Å². The maximum atomic E-state index is 12.3. The van der Waals surface area contributed by atoms with Gasteiger partial charge in [-0.3, -0.25) is 9.78 Å². The Morgan fingerprint density at radius 1 is 1.27 bits per heavy atom. The lowest BCUT2D eigenvalue weighted by atomic mass is 10.2. The van der Waals surface area contributed by atoms with E-state index >= 15 is 0 Å². The molecule has 2 N–H and O–H groups in total. The molecule has 0 aliphatic heterocycles. The van der Waals surface area contributed by atoms with E-state index in [9.17, 15) is 4.79 Å². The summed E-state index contributed by atoms with van der Waals surface area (Å²) in [5.41, 5.74) is 2.93. The Kier molecular flexibility index (Phi) is 5.78. The van der Waals surface area contributed by atoms with E-state index in [2.05, 4.69) is 22.5 Å². The lowest BCUT2D eigenvalue weighted by Gasteiger charge is -2.10. The minimum atomic E-state index is -0.246. The number of unbranched alkanes of at least 4 members (excludes halogenated alkanes) is 1. The van der Waals surface area contributed by atoms with Crippen LogP contribution in [0.4, 0.5) is 11.4 Å². The number of carbonyl (C=O) groups excluding carboxylic acids is 1. The van der Waals surface area contributed by atoms with Gasteiger partial charge in [-0.2, -0.15) is 0 Å². The van der Waals surface area contributed by atoms with E-state index in [0.717, 1.165) is 30.6 Å². The molecule has 0 saturated heterocycles. The average Bonchev–Trinajstić information content (AvgIpc) is 2.51.